The van der Waals surface area contributed by atoms with Crippen LogP contribution in [0.1, 0.15) is 51.6 Å². The second kappa shape index (κ2) is 13.4. The molecule has 2 aliphatic rings. The van der Waals surface area contributed by atoms with E-state index < -0.39 is 121 Å². The third kappa shape index (κ3) is 7.02. The minimum atomic E-state index is -5.39. The van der Waals surface area contributed by atoms with Gasteiger partial charge in [-0.05, 0) is 38.1 Å². The van der Waals surface area contributed by atoms with Gasteiger partial charge in [0.2, 0.25) is 0 Å². The molecule has 10 nitrogen and oxygen atoms in total. The molecule has 4 rings (SSSR count). The Kier molecular flexibility index (Phi) is 10.2. The first kappa shape index (κ1) is 35.5. The number of carbonyl (C=O) groups excluding carboxylic acids is 4. The Labute approximate surface area is 270 Å². The lowest BCUT2D eigenvalue weighted by Gasteiger charge is -2.33. The maximum absolute atomic E-state index is 15.6. The van der Waals surface area contributed by atoms with Crippen molar-refractivity contribution in [1.82, 2.24) is 10.2 Å². The van der Waals surface area contributed by atoms with Gasteiger partial charge in [0, 0.05) is 17.8 Å². The van der Waals surface area contributed by atoms with Crippen LogP contribution in [0.2, 0.25) is 5.02 Å². The molecule has 2 aromatic rings. The zero-order chi connectivity index (χ0) is 35.0. The predicted octanol–water partition coefficient (Wildman–Crippen LogP) is 4.50. The standard InChI is InChI=1S/C30H26ClF5N2O8S/c1-14(2)46-29(42)23-20(13-47(43,44)11-10-38-26(39)15-6-4-5-7-16(15)27(38)40)37-19(12-32)22(28(41)45-3)24(23)21-18(33)9-8-17(31)25(21)30(34,35)36/h4-9,14,24,37H,10-13H2,1-3H3. The number of allylic oxidation sites excluding steroid dienone is 1. The molecule has 1 atom stereocenters. The van der Waals surface area contributed by atoms with Gasteiger partial charge in [-0.15, -0.1) is 0 Å². The van der Waals surface area contributed by atoms with E-state index in [1.165, 1.54) is 38.1 Å². The molecule has 2 aromatic carbocycles. The fraction of sp³-hybridized carbons (Fsp3) is 0.333. The number of benzene rings is 2. The van der Waals surface area contributed by atoms with Gasteiger partial charge in [-0.2, -0.15) is 13.2 Å². The van der Waals surface area contributed by atoms with Crippen molar-refractivity contribution in [3.05, 3.63) is 92.0 Å². The number of hydrogen-bond acceptors (Lipinski definition) is 9. The highest BCUT2D eigenvalue weighted by Gasteiger charge is 2.48. The zero-order valence-electron chi connectivity index (χ0n) is 24.8. The van der Waals surface area contributed by atoms with E-state index in [9.17, 15) is 45.2 Å². The molecule has 252 valence electrons. The summed E-state index contributed by atoms with van der Waals surface area (Å²) in [7, 11) is -3.71. The molecule has 0 aliphatic carbocycles. The normalized spacial score (nSPS) is 16.9. The number of hydrogen-bond donors (Lipinski definition) is 1. The van der Waals surface area contributed by atoms with Gasteiger partial charge in [-0.1, -0.05) is 23.7 Å². The zero-order valence-corrected chi connectivity index (χ0v) is 26.4. The number of imide groups is 1. The van der Waals surface area contributed by atoms with Gasteiger partial charge in [0.25, 0.3) is 11.8 Å². The molecule has 0 saturated heterocycles. The monoisotopic (exact) mass is 704 g/mol. The fourth-order valence-electron chi connectivity index (χ4n) is 5.29. The van der Waals surface area contributed by atoms with Crippen molar-refractivity contribution in [1.29, 1.82) is 0 Å². The number of amides is 2. The van der Waals surface area contributed by atoms with Crippen molar-refractivity contribution in [2.24, 2.45) is 0 Å². The number of nitrogens with zero attached hydrogens (tertiary/aromatic N) is 1. The third-order valence-electron chi connectivity index (χ3n) is 7.21. The van der Waals surface area contributed by atoms with Crippen molar-refractivity contribution in [2.45, 2.75) is 32.0 Å². The lowest BCUT2D eigenvalue weighted by atomic mass is 9.78. The number of dihydropyridines is 1. The van der Waals surface area contributed by atoms with Crippen LogP contribution >= 0.6 is 11.6 Å². The molecule has 2 amide bonds. The third-order valence-corrected chi connectivity index (χ3v) is 9.06. The summed E-state index contributed by atoms with van der Waals surface area (Å²) in [5, 5.41) is 1.26. The van der Waals surface area contributed by atoms with E-state index in [-0.39, 0.29) is 11.1 Å². The molecule has 0 fully saturated rings. The molecule has 0 saturated carbocycles. The van der Waals surface area contributed by atoms with Crippen LogP contribution in [-0.4, -0.2) is 75.0 Å². The highest BCUT2D eigenvalue weighted by Crippen LogP contribution is 2.48. The molecule has 17 heteroatoms. The summed E-state index contributed by atoms with van der Waals surface area (Å²) in [5.41, 5.74) is -6.59. The Bertz CT molecular complexity index is 1800. The van der Waals surface area contributed by atoms with Crippen LogP contribution in [0.4, 0.5) is 22.0 Å². The largest absolute Gasteiger partial charge is 0.466 e. The summed E-state index contributed by atoms with van der Waals surface area (Å²) in [6.07, 6.45) is -6.34. The quantitative estimate of drug-likeness (QED) is 0.216. The summed E-state index contributed by atoms with van der Waals surface area (Å²) >= 11 is 5.86. The van der Waals surface area contributed by atoms with Crippen molar-refractivity contribution >= 4 is 45.2 Å². The van der Waals surface area contributed by atoms with Crippen LogP contribution in [0, 0.1) is 5.82 Å². The summed E-state index contributed by atoms with van der Waals surface area (Å²) < 4.78 is 110. The Morgan fingerprint density at radius 1 is 1.00 bits per heavy atom. The molecule has 0 aromatic heterocycles. The number of carbonyl (C=O) groups is 4. The minimum Gasteiger partial charge on any atom is -0.466 e. The number of halogens is 6. The molecule has 47 heavy (non-hydrogen) atoms. The average Bonchev–Trinajstić information content (AvgIpc) is 3.23. The molecular formula is C30H26ClF5N2O8S. The van der Waals surface area contributed by atoms with Crippen molar-refractivity contribution in [3.8, 4) is 0 Å². The molecule has 0 bridgehead atoms. The topological polar surface area (TPSA) is 136 Å². The second-order valence-corrected chi connectivity index (χ2v) is 13.2. The molecule has 1 unspecified atom stereocenters. The van der Waals surface area contributed by atoms with E-state index in [2.05, 4.69) is 10.1 Å². The van der Waals surface area contributed by atoms with Gasteiger partial charge in [-0.3, -0.25) is 14.5 Å². The van der Waals surface area contributed by atoms with Crippen molar-refractivity contribution in [3.63, 3.8) is 0 Å². The van der Waals surface area contributed by atoms with Crippen LogP contribution in [0.5, 0.6) is 0 Å². The summed E-state index contributed by atoms with van der Waals surface area (Å²) in [4.78, 5) is 52.7. The highest BCUT2D eigenvalue weighted by molar-refractivity contribution is 7.91. The Hall–Kier alpha value is -4.31. The molecule has 0 radical (unpaired) electrons. The van der Waals surface area contributed by atoms with Gasteiger partial charge in [0.05, 0.1) is 69.2 Å². The van der Waals surface area contributed by atoms with Gasteiger partial charge >= 0.3 is 18.1 Å². The molecular weight excluding hydrogens is 679 g/mol. The van der Waals surface area contributed by atoms with E-state index in [1.54, 1.807) is 0 Å². The number of esters is 2. The van der Waals surface area contributed by atoms with Crippen LogP contribution in [-0.2, 0) is 35.1 Å². The van der Waals surface area contributed by atoms with Gasteiger partial charge in [0.1, 0.15) is 12.5 Å². The number of ether oxygens (including phenoxy) is 2. The smallest absolute Gasteiger partial charge is 0.418 e. The highest BCUT2D eigenvalue weighted by atomic mass is 35.5. The van der Waals surface area contributed by atoms with Gasteiger partial charge in [-0.25, -0.2) is 26.8 Å². The molecule has 2 aliphatic heterocycles. The summed E-state index contributed by atoms with van der Waals surface area (Å²) in [6, 6.07) is 6.88. The van der Waals surface area contributed by atoms with Crippen molar-refractivity contribution in [2.75, 3.05) is 31.8 Å². The number of methoxy groups -OCH3 is 1. The second-order valence-electron chi connectivity index (χ2n) is 10.6. The fourth-order valence-corrected chi connectivity index (χ4v) is 6.83. The van der Waals surface area contributed by atoms with Crippen LogP contribution in [0.25, 0.3) is 0 Å². The number of alkyl halides is 4. The van der Waals surface area contributed by atoms with Crippen LogP contribution < -0.4 is 5.32 Å². The number of nitrogens with one attached hydrogen (secondary N) is 1. The first-order valence-electron chi connectivity index (χ1n) is 13.7. The first-order valence-corrected chi connectivity index (χ1v) is 15.9. The number of fused-ring (bicyclic) bond motifs is 1. The van der Waals surface area contributed by atoms with Gasteiger partial charge in [0.15, 0.2) is 9.84 Å². The Balaban J connectivity index is 1.88. The van der Waals surface area contributed by atoms with E-state index in [1.807, 2.05) is 0 Å². The van der Waals surface area contributed by atoms with E-state index in [0.29, 0.717) is 17.0 Å². The number of sulfone groups is 1. The lowest BCUT2D eigenvalue weighted by molar-refractivity contribution is -0.144. The Morgan fingerprint density at radius 2 is 1.57 bits per heavy atom. The van der Waals surface area contributed by atoms with E-state index in [4.69, 9.17) is 16.3 Å². The summed E-state index contributed by atoms with van der Waals surface area (Å²) in [6.45, 7) is 0.424. The summed E-state index contributed by atoms with van der Waals surface area (Å²) in [5.74, 6) is -10.6. The SMILES string of the molecule is COC(=O)C1=C(CF)NC(CS(=O)(=O)CCN2C(=O)c3ccccc3C2=O)=C(C(=O)OC(C)C)C1c1c(F)ccc(Cl)c1C(F)(F)F. The van der Waals surface area contributed by atoms with Crippen LogP contribution in [0.15, 0.2) is 58.9 Å². The van der Waals surface area contributed by atoms with Crippen molar-refractivity contribution < 1.29 is 59.0 Å². The van der Waals surface area contributed by atoms with E-state index >= 15 is 4.39 Å². The predicted molar refractivity (Wildman–Crippen MR) is 156 cm³/mol. The average molecular weight is 705 g/mol. The maximum Gasteiger partial charge on any atom is 0.418 e. The van der Waals surface area contributed by atoms with Crippen LogP contribution in [0.3, 0.4) is 0 Å². The molecule has 0 spiro atoms. The van der Waals surface area contributed by atoms with E-state index in [0.717, 1.165) is 7.11 Å². The molecule has 1 N–H and O–H groups in total. The Morgan fingerprint density at radius 3 is 2.09 bits per heavy atom. The van der Waals surface area contributed by atoms with Gasteiger partial charge < -0.3 is 14.8 Å². The maximum atomic E-state index is 15.6. The lowest BCUT2D eigenvalue weighted by Crippen LogP contribution is -2.39. The molecule has 2 heterocycles. The number of rotatable bonds is 10. The minimum absolute atomic E-state index is 0.0465. The first-order chi connectivity index (χ1) is 21.9.